The first-order valence-electron chi connectivity index (χ1n) is 8.26. The highest BCUT2D eigenvalue weighted by Gasteiger charge is 2.17. The highest BCUT2D eigenvalue weighted by atomic mass is 16.6. The molecule has 0 spiro atoms. The summed E-state index contributed by atoms with van der Waals surface area (Å²) in [5.74, 6) is 0.856. The number of hydrogen-bond acceptors (Lipinski definition) is 4. The number of benzene rings is 3. The lowest BCUT2D eigenvalue weighted by Crippen LogP contribution is -2.02. The lowest BCUT2D eigenvalue weighted by molar-refractivity contribution is -0.385. The molecule has 0 unspecified atom stereocenters. The van der Waals surface area contributed by atoms with Crippen LogP contribution in [-0.4, -0.2) is 4.92 Å². The van der Waals surface area contributed by atoms with E-state index >= 15 is 0 Å². The highest BCUT2D eigenvalue weighted by molar-refractivity contribution is 5.53. The molecule has 5 heteroatoms. The summed E-state index contributed by atoms with van der Waals surface area (Å²) < 4.78 is 11.7. The van der Waals surface area contributed by atoms with Gasteiger partial charge in [0.15, 0.2) is 11.5 Å². The van der Waals surface area contributed by atoms with Crippen molar-refractivity contribution in [2.24, 2.45) is 0 Å². The van der Waals surface area contributed by atoms with Gasteiger partial charge in [-0.25, -0.2) is 0 Å². The molecule has 0 aromatic heterocycles. The molecule has 0 saturated carbocycles. The van der Waals surface area contributed by atoms with Gasteiger partial charge >= 0.3 is 0 Å². The topological polar surface area (TPSA) is 61.6 Å². The van der Waals surface area contributed by atoms with Gasteiger partial charge in [0.1, 0.15) is 13.2 Å². The van der Waals surface area contributed by atoms with E-state index < -0.39 is 4.92 Å². The van der Waals surface area contributed by atoms with E-state index in [2.05, 4.69) is 0 Å². The fourth-order valence-corrected chi connectivity index (χ4v) is 2.54. The Bertz CT molecular complexity index is 879. The normalized spacial score (nSPS) is 10.3. The van der Waals surface area contributed by atoms with Crippen LogP contribution in [-0.2, 0) is 13.2 Å². The van der Waals surface area contributed by atoms with E-state index in [0.29, 0.717) is 30.3 Å². The molecule has 132 valence electrons. The summed E-state index contributed by atoms with van der Waals surface area (Å²) in [6.07, 6.45) is 0. The third-order valence-electron chi connectivity index (χ3n) is 3.93. The van der Waals surface area contributed by atoms with E-state index in [0.717, 1.165) is 11.1 Å². The van der Waals surface area contributed by atoms with Crippen LogP contribution in [0, 0.1) is 17.0 Å². The molecule has 0 N–H and O–H groups in total. The van der Waals surface area contributed by atoms with Gasteiger partial charge in [-0.05, 0) is 24.1 Å². The van der Waals surface area contributed by atoms with Gasteiger partial charge in [0.25, 0.3) is 5.69 Å². The van der Waals surface area contributed by atoms with E-state index in [1.54, 1.807) is 13.0 Å². The summed E-state index contributed by atoms with van der Waals surface area (Å²) in [6.45, 7) is 2.36. The maximum Gasteiger partial charge on any atom is 0.276 e. The van der Waals surface area contributed by atoms with Crippen LogP contribution in [0.5, 0.6) is 11.5 Å². The van der Waals surface area contributed by atoms with Crippen molar-refractivity contribution in [3.63, 3.8) is 0 Å². The lowest BCUT2D eigenvalue weighted by Gasteiger charge is -2.14. The average molecular weight is 349 g/mol. The molecule has 26 heavy (non-hydrogen) atoms. The zero-order chi connectivity index (χ0) is 18.4. The molecule has 3 rings (SSSR count). The Balaban J connectivity index is 1.83. The van der Waals surface area contributed by atoms with Gasteiger partial charge in [0, 0.05) is 5.56 Å². The van der Waals surface area contributed by atoms with Crippen LogP contribution < -0.4 is 9.47 Å². The molecule has 0 amide bonds. The van der Waals surface area contributed by atoms with Crippen LogP contribution in [0.3, 0.4) is 0 Å². The number of hydrogen-bond donors (Lipinski definition) is 0. The number of nitrogens with zero attached hydrogens (tertiary/aromatic N) is 1. The second-order valence-corrected chi connectivity index (χ2v) is 5.89. The van der Waals surface area contributed by atoms with Crippen LogP contribution in [0.25, 0.3) is 0 Å². The molecule has 0 aliphatic carbocycles. The Kier molecular flexibility index (Phi) is 5.49. The SMILES string of the molecule is Cc1cc(OCc2ccccc2)c(OCc2ccccc2)cc1[N+](=O)[O-]. The van der Waals surface area contributed by atoms with Crippen molar-refractivity contribution in [3.8, 4) is 11.5 Å². The first kappa shape index (κ1) is 17.5. The van der Waals surface area contributed by atoms with Gasteiger partial charge in [0.05, 0.1) is 11.0 Å². The molecule has 0 radical (unpaired) electrons. The minimum atomic E-state index is -0.411. The Labute approximate surface area is 152 Å². The summed E-state index contributed by atoms with van der Waals surface area (Å²) >= 11 is 0. The monoisotopic (exact) mass is 349 g/mol. The summed E-state index contributed by atoms with van der Waals surface area (Å²) in [6, 6.07) is 22.5. The van der Waals surface area contributed by atoms with Crippen LogP contribution in [0.15, 0.2) is 72.8 Å². The fourth-order valence-electron chi connectivity index (χ4n) is 2.54. The number of aryl methyl sites for hydroxylation is 1. The molecule has 3 aromatic rings. The number of nitro groups is 1. The molecule has 0 bridgehead atoms. The van der Waals surface area contributed by atoms with Crippen molar-refractivity contribution in [1.82, 2.24) is 0 Å². The molecule has 0 heterocycles. The third kappa shape index (κ3) is 4.39. The van der Waals surface area contributed by atoms with Crippen molar-refractivity contribution < 1.29 is 14.4 Å². The van der Waals surface area contributed by atoms with Crippen molar-refractivity contribution >= 4 is 5.69 Å². The standard InChI is InChI=1S/C21H19NO4/c1-16-12-20(25-14-17-8-4-2-5-9-17)21(13-19(16)22(23)24)26-15-18-10-6-3-7-11-18/h2-13H,14-15H2,1H3. The molecule has 0 fully saturated rings. The summed E-state index contributed by atoms with van der Waals surface area (Å²) in [7, 11) is 0. The Morgan fingerprint density at radius 3 is 1.73 bits per heavy atom. The van der Waals surface area contributed by atoms with Gasteiger partial charge in [0.2, 0.25) is 0 Å². The number of rotatable bonds is 7. The zero-order valence-corrected chi connectivity index (χ0v) is 14.4. The smallest absolute Gasteiger partial charge is 0.276 e. The van der Waals surface area contributed by atoms with E-state index in [1.165, 1.54) is 6.07 Å². The summed E-state index contributed by atoms with van der Waals surface area (Å²) in [4.78, 5) is 10.8. The molecule has 3 aromatic carbocycles. The van der Waals surface area contributed by atoms with Gasteiger partial charge in [-0.2, -0.15) is 0 Å². The van der Waals surface area contributed by atoms with Crippen LogP contribution in [0.2, 0.25) is 0 Å². The number of nitro benzene ring substituents is 1. The summed E-state index contributed by atoms with van der Waals surface area (Å²) in [5.41, 5.74) is 2.53. The molecule has 0 saturated heterocycles. The minimum Gasteiger partial charge on any atom is -0.485 e. The lowest BCUT2D eigenvalue weighted by atomic mass is 10.1. The van der Waals surface area contributed by atoms with Gasteiger partial charge < -0.3 is 9.47 Å². The first-order chi connectivity index (χ1) is 12.6. The second-order valence-electron chi connectivity index (χ2n) is 5.89. The van der Waals surface area contributed by atoms with Gasteiger partial charge in [-0.3, -0.25) is 10.1 Å². The number of ether oxygens (including phenoxy) is 2. The highest BCUT2D eigenvalue weighted by Crippen LogP contribution is 2.35. The maximum atomic E-state index is 11.2. The molecule has 0 aliphatic heterocycles. The Morgan fingerprint density at radius 1 is 0.808 bits per heavy atom. The molecular formula is C21H19NO4. The van der Waals surface area contributed by atoms with Gasteiger partial charge in [-0.1, -0.05) is 60.7 Å². The summed E-state index contributed by atoms with van der Waals surface area (Å²) in [5, 5.41) is 11.2. The Morgan fingerprint density at radius 2 is 1.27 bits per heavy atom. The second kappa shape index (κ2) is 8.16. The Hall–Kier alpha value is -3.34. The van der Waals surface area contributed by atoms with E-state index in [-0.39, 0.29) is 5.69 Å². The van der Waals surface area contributed by atoms with Crippen molar-refractivity contribution in [1.29, 1.82) is 0 Å². The van der Waals surface area contributed by atoms with Crippen LogP contribution in [0.4, 0.5) is 5.69 Å². The largest absolute Gasteiger partial charge is 0.485 e. The predicted molar refractivity (Wildman–Crippen MR) is 99.4 cm³/mol. The minimum absolute atomic E-state index is 0.0140. The quantitative estimate of drug-likeness (QED) is 0.442. The van der Waals surface area contributed by atoms with Crippen molar-refractivity contribution in [2.45, 2.75) is 20.1 Å². The van der Waals surface area contributed by atoms with E-state index in [4.69, 9.17) is 9.47 Å². The first-order valence-corrected chi connectivity index (χ1v) is 8.26. The van der Waals surface area contributed by atoms with Crippen LogP contribution in [0.1, 0.15) is 16.7 Å². The van der Waals surface area contributed by atoms with Gasteiger partial charge in [-0.15, -0.1) is 0 Å². The molecule has 0 atom stereocenters. The van der Waals surface area contributed by atoms with Crippen LogP contribution >= 0.6 is 0 Å². The maximum absolute atomic E-state index is 11.2. The predicted octanol–water partition coefficient (Wildman–Crippen LogP) is 5.06. The average Bonchev–Trinajstić information content (AvgIpc) is 2.67. The van der Waals surface area contributed by atoms with E-state index in [9.17, 15) is 10.1 Å². The van der Waals surface area contributed by atoms with Crippen molar-refractivity contribution in [2.75, 3.05) is 0 Å². The third-order valence-corrected chi connectivity index (χ3v) is 3.93. The van der Waals surface area contributed by atoms with Crippen molar-refractivity contribution in [3.05, 3.63) is 99.6 Å². The molecule has 5 nitrogen and oxygen atoms in total. The van der Waals surface area contributed by atoms with E-state index in [1.807, 2.05) is 60.7 Å². The molecular weight excluding hydrogens is 330 g/mol. The zero-order valence-electron chi connectivity index (χ0n) is 14.4. The fraction of sp³-hybridized carbons (Fsp3) is 0.143. The molecule has 0 aliphatic rings.